The quantitative estimate of drug-likeness (QED) is 0.183. The number of rotatable bonds is 13. The first-order valence-corrected chi connectivity index (χ1v) is 12.4. The maximum Gasteiger partial charge on any atom is 0.341 e. The molecule has 0 saturated heterocycles. The van der Waals surface area contributed by atoms with Crippen LogP contribution in [0, 0.1) is 11.6 Å². The molecule has 40 heavy (non-hydrogen) atoms. The van der Waals surface area contributed by atoms with Gasteiger partial charge in [0.05, 0.1) is 25.1 Å². The number of imidazole rings is 1. The number of nitrogens with one attached hydrogen (secondary N) is 2. The van der Waals surface area contributed by atoms with Gasteiger partial charge in [0.2, 0.25) is 5.82 Å². The van der Waals surface area contributed by atoms with E-state index >= 15 is 0 Å². The Balaban J connectivity index is 1.56. The van der Waals surface area contributed by atoms with Crippen LogP contribution in [0.4, 0.5) is 20.3 Å². The van der Waals surface area contributed by atoms with Gasteiger partial charge in [-0.1, -0.05) is 6.92 Å². The van der Waals surface area contributed by atoms with Crippen molar-refractivity contribution >= 4 is 29.0 Å². The smallest absolute Gasteiger partial charge is 0.341 e. The van der Waals surface area contributed by atoms with Crippen LogP contribution in [0.1, 0.15) is 22.8 Å². The molecule has 1 amide bonds. The third-order valence-corrected chi connectivity index (χ3v) is 5.89. The molecule has 0 bridgehead atoms. The second kappa shape index (κ2) is 13.0. The average molecular weight is 555 g/mol. The Morgan fingerprint density at radius 3 is 2.70 bits per heavy atom. The summed E-state index contributed by atoms with van der Waals surface area (Å²) >= 11 is 0. The number of aliphatic carboxylic acids is 1. The number of nitrogens with zero attached hydrogens (tertiary/aromatic N) is 3. The number of benzene rings is 2. The number of carboxylic acid groups (broad SMARTS) is 1. The van der Waals surface area contributed by atoms with Crippen LogP contribution in [-0.4, -0.2) is 64.3 Å². The summed E-state index contributed by atoms with van der Waals surface area (Å²) in [5.74, 6) is -4.20. The van der Waals surface area contributed by atoms with Gasteiger partial charge in [0.1, 0.15) is 0 Å². The minimum atomic E-state index is -1.31. The number of nitrogens with two attached hydrogens (primary N) is 1. The van der Waals surface area contributed by atoms with Crippen LogP contribution in [0.15, 0.2) is 48.9 Å². The summed E-state index contributed by atoms with van der Waals surface area (Å²) in [6, 6.07) is 7.72. The van der Waals surface area contributed by atoms with E-state index in [-0.39, 0.29) is 17.2 Å². The van der Waals surface area contributed by atoms with Crippen LogP contribution in [0.25, 0.3) is 16.9 Å². The fraction of sp³-hybridized carbons (Fsp3) is 0.259. The van der Waals surface area contributed by atoms with E-state index < -0.39 is 30.0 Å². The molecule has 0 aliphatic heterocycles. The van der Waals surface area contributed by atoms with Crippen molar-refractivity contribution in [1.29, 1.82) is 0 Å². The van der Waals surface area contributed by atoms with E-state index in [1.54, 1.807) is 22.7 Å². The van der Waals surface area contributed by atoms with E-state index in [1.807, 2.05) is 13.0 Å². The van der Waals surface area contributed by atoms with Gasteiger partial charge in [0.15, 0.2) is 29.6 Å². The van der Waals surface area contributed by atoms with Crippen molar-refractivity contribution in [3.8, 4) is 17.0 Å². The maximum atomic E-state index is 14.9. The summed E-state index contributed by atoms with van der Waals surface area (Å²) in [4.78, 5) is 32.0. The fourth-order valence-electron chi connectivity index (χ4n) is 4.03. The van der Waals surface area contributed by atoms with Gasteiger partial charge in [0, 0.05) is 42.3 Å². The predicted octanol–water partition coefficient (Wildman–Crippen LogP) is 3.15. The number of ether oxygens (including phenoxy) is 2. The van der Waals surface area contributed by atoms with Gasteiger partial charge in [-0.05, 0) is 42.3 Å². The summed E-state index contributed by atoms with van der Waals surface area (Å²) < 4.78 is 41.1. The number of carbonyl (C=O) groups is 2. The van der Waals surface area contributed by atoms with Crippen LogP contribution in [0.2, 0.25) is 0 Å². The van der Waals surface area contributed by atoms with E-state index in [0.29, 0.717) is 55.4 Å². The molecule has 0 radical (unpaired) electrons. The molecular formula is C27H28F2N6O5. The molecule has 5 N–H and O–H groups in total. The highest BCUT2D eigenvalue weighted by atomic mass is 19.2. The molecule has 0 aliphatic rings. The van der Waals surface area contributed by atoms with Crippen molar-refractivity contribution in [2.75, 3.05) is 38.2 Å². The lowest BCUT2D eigenvalue weighted by molar-refractivity contribution is -0.139. The molecule has 210 valence electrons. The van der Waals surface area contributed by atoms with E-state index in [2.05, 4.69) is 20.6 Å². The topological polar surface area (TPSA) is 153 Å². The highest BCUT2D eigenvalue weighted by molar-refractivity contribution is 5.96. The molecule has 0 spiro atoms. The zero-order chi connectivity index (χ0) is 28.6. The number of carboxylic acids is 1. The monoisotopic (exact) mass is 554 g/mol. The number of carbonyl (C=O) groups excluding carboxylic acids is 1. The van der Waals surface area contributed by atoms with E-state index in [1.165, 1.54) is 18.5 Å². The second-order valence-corrected chi connectivity index (χ2v) is 8.54. The Labute approximate surface area is 228 Å². The maximum absolute atomic E-state index is 14.9. The molecule has 2 aromatic heterocycles. The molecule has 0 aliphatic carbocycles. The van der Waals surface area contributed by atoms with Crippen molar-refractivity contribution in [2.24, 2.45) is 5.73 Å². The van der Waals surface area contributed by atoms with Crippen molar-refractivity contribution < 1.29 is 33.0 Å². The van der Waals surface area contributed by atoms with E-state index in [4.69, 9.17) is 20.3 Å². The van der Waals surface area contributed by atoms with E-state index in [9.17, 15) is 18.4 Å². The molecule has 2 aromatic carbocycles. The van der Waals surface area contributed by atoms with Crippen LogP contribution < -0.4 is 21.1 Å². The lowest BCUT2D eigenvalue weighted by Crippen LogP contribution is -2.28. The van der Waals surface area contributed by atoms with Crippen molar-refractivity contribution in [1.82, 2.24) is 19.7 Å². The van der Waals surface area contributed by atoms with E-state index in [0.717, 1.165) is 11.6 Å². The Kier molecular flexibility index (Phi) is 9.19. The van der Waals surface area contributed by atoms with Gasteiger partial charge in [0.25, 0.3) is 5.91 Å². The van der Waals surface area contributed by atoms with Crippen molar-refractivity contribution in [2.45, 2.75) is 13.3 Å². The number of anilines is 2. The van der Waals surface area contributed by atoms with Gasteiger partial charge in [-0.25, -0.2) is 19.2 Å². The third kappa shape index (κ3) is 6.33. The number of hydrogen-bond donors (Lipinski definition) is 4. The summed E-state index contributed by atoms with van der Waals surface area (Å²) in [5, 5.41) is 14.7. The molecule has 13 heteroatoms. The minimum absolute atomic E-state index is 0.0955. The number of fused-ring (bicyclic) bond motifs is 1. The normalized spacial score (nSPS) is 11.0. The first-order valence-electron chi connectivity index (χ1n) is 12.4. The Morgan fingerprint density at radius 1 is 1.12 bits per heavy atom. The lowest BCUT2D eigenvalue weighted by Gasteiger charge is -2.13. The lowest BCUT2D eigenvalue weighted by atomic mass is 10.0. The van der Waals surface area contributed by atoms with Gasteiger partial charge in [-0.15, -0.1) is 0 Å². The number of amides is 1. The summed E-state index contributed by atoms with van der Waals surface area (Å²) in [6.07, 6.45) is 5.01. The fourth-order valence-corrected chi connectivity index (χ4v) is 4.03. The zero-order valence-corrected chi connectivity index (χ0v) is 21.6. The van der Waals surface area contributed by atoms with Gasteiger partial charge < -0.3 is 30.9 Å². The number of aryl methyl sites for hydroxylation is 1. The van der Waals surface area contributed by atoms with Crippen LogP contribution in [0.5, 0.6) is 5.75 Å². The molecule has 11 nitrogen and oxygen atoms in total. The molecule has 0 atom stereocenters. The van der Waals surface area contributed by atoms with Gasteiger partial charge in [-0.2, -0.15) is 4.39 Å². The van der Waals surface area contributed by atoms with Crippen LogP contribution in [-0.2, 0) is 16.0 Å². The molecule has 0 saturated carbocycles. The van der Waals surface area contributed by atoms with Crippen LogP contribution >= 0.6 is 0 Å². The SMILES string of the molecule is CCc1cc(Nc2nccn3c(-c4ccc(OCC(=O)O)c(F)c4F)cnc23)ccc1C(=O)NCCOCCN. The average Bonchev–Trinajstić information content (AvgIpc) is 3.38. The first kappa shape index (κ1) is 28.4. The molecule has 2 heterocycles. The molecule has 4 rings (SSSR count). The number of hydrogen-bond acceptors (Lipinski definition) is 8. The highest BCUT2D eigenvalue weighted by Gasteiger charge is 2.20. The molecule has 0 unspecified atom stereocenters. The largest absolute Gasteiger partial charge is 0.479 e. The Morgan fingerprint density at radius 2 is 1.95 bits per heavy atom. The summed E-state index contributed by atoms with van der Waals surface area (Å²) in [7, 11) is 0. The highest BCUT2D eigenvalue weighted by Crippen LogP contribution is 2.32. The molecule has 0 fully saturated rings. The van der Waals surface area contributed by atoms with Gasteiger partial charge >= 0.3 is 5.97 Å². The summed E-state index contributed by atoms with van der Waals surface area (Å²) in [5.41, 5.74) is 7.89. The standard InChI is InChI=1S/C27H28F2N6O5/c1-2-16-13-17(3-4-18(16)27(38)32-9-12-39-11-7-30)34-25-26-33-14-20(35(26)10-8-31-25)19-5-6-21(24(29)23(19)28)40-15-22(36)37/h3-6,8,10,13-14H,2,7,9,11-12,15,30H2,1H3,(H,31,34)(H,32,38)(H,36,37). The molecular weight excluding hydrogens is 526 g/mol. The number of aromatic nitrogens is 3. The molecule has 4 aromatic rings. The predicted molar refractivity (Wildman–Crippen MR) is 143 cm³/mol. The first-order chi connectivity index (χ1) is 19.3. The Bertz CT molecular complexity index is 1530. The van der Waals surface area contributed by atoms with Crippen molar-refractivity contribution in [3.63, 3.8) is 0 Å². The zero-order valence-electron chi connectivity index (χ0n) is 21.6. The minimum Gasteiger partial charge on any atom is -0.479 e. The third-order valence-electron chi connectivity index (χ3n) is 5.89. The Hall–Kier alpha value is -4.62. The summed E-state index contributed by atoms with van der Waals surface area (Å²) in [6.45, 7) is 2.70. The van der Waals surface area contributed by atoms with Crippen molar-refractivity contribution in [3.05, 3.63) is 71.7 Å². The second-order valence-electron chi connectivity index (χ2n) is 8.54. The number of halogens is 2. The van der Waals surface area contributed by atoms with Crippen LogP contribution in [0.3, 0.4) is 0 Å². The van der Waals surface area contributed by atoms with Gasteiger partial charge in [-0.3, -0.25) is 9.20 Å².